The van der Waals surface area contributed by atoms with Gasteiger partial charge in [0.05, 0.1) is 18.8 Å². The van der Waals surface area contributed by atoms with Crippen LogP contribution in [0, 0.1) is 29.1 Å². The second-order valence-electron chi connectivity index (χ2n) is 11.4. The van der Waals surface area contributed by atoms with Gasteiger partial charge in [-0.2, -0.15) is 13.2 Å². The zero-order chi connectivity index (χ0) is 23.6. The molecule has 0 bridgehead atoms. The highest BCUT2D eigenvalue weighted by molar-refractivity contribution is 5.82. The fraction of sp³-hybridized carbons (Fsp3) is 0.957. The van der Waals surface area contributed by atoms with Crippen molar-refractivity contribution in [2.75, 3.05) is 20.3 Å². The van der Waals surface area contributed by atoms with Gasteiger partial charge in [-0.1, -0.05) is 12.8 Å². The first kappa shape index (κ1) is 23.7. The van der Waals surface area contributed by atoms with Crippen LogP contribution in [0.5, 0.6) is 0 Å². The van der Waals surface area contributed by atoms with Crippen molar-refractivity contribution in [1.82, 2.24) is 20.7 Å². The van der Waals surface area contributed by atoms with Crippen molar-refractivity contribution in [2.24, 2.45) is 29.1 Å². The summed E-state index contributed by atoms with van der Waals surface area (Å²) in [6, 6.07) is -0.130. The molecule has 0 aromatic heterocycles. The molecular formula is C23H35F5N4O. The molecule has 1 amide bonds. The zero-order valence-corrected chi connectivity index (χ0v) is 19.1. The molecule has 5 rings (SSSR count). The van der Waals surface area contributed by atoms with E-state index in [1.54, 1.807) is 4.90 Å². The van der Waals surface area contributed by atoms with Gasteiger partial charge in [-0.3, -0.25) is 9.69 Å². The summed E-state index contributed by atoms with van der Waals surface area (Å²) in [6.07, 6.45) is 0.167. The molecule has 10 heteroatoms. The van der Waals surface area contributed by atoms with Crippen LogP contribution in [-0.4, -0.2) is 60.3 Å². The molecule has 6 atom stereocenters. The standard InChI is InChI=1S/C23H35F5N4O/c1-31-13-29-30-19(31)9-21(11-22(24,25)12-21)14-4-2-5-15(8-14)32-10-17-16(20(32)33)6-3-7-18(17)23(26,27)28/h14-19,29-30H,2-13H2,1H3. The van der Waals surface area contributed by atoms with E-state index < -0.39 is 35.3 Å². The highest BCUT2D eigenvalue weighted by atomic mass is 19.4. The van der Waals surface area contributed by atoms with Crippen LogP contribution in [0.25, 0.3) is 0 Å². The number of likely N-dealkylation sites (tertiary alicyclic amines) is 1. The Balaban J connectivity index is 1.31. The molecule has 5 nitrogen and oxygen atoms in total. The lowest BCUT2D eigenvalue weighted by atomic mass is 9.53. The maximum atomic E-state index is 14.2. The number of carbonyl (C=O) groups excluding carboxylic acids is 1. The Morgan fingerprint density at radius 3 is 2.45 bits per heavy atom. The number of rotatable bonds is 4. The Kier molecular flexibility index (Phi) is 5.96. The predicted molar refractivity (Wildman–Crippen MR) is 112 cm³/mol. The van der Waals surface area contributed by atoms with E-state index in [0.717, 1.165) is 19.3 Å². The van der Waals surface area contributed by atoms with Gasteiger partial charge < -0.3 is 4.90 Å². The average Bonchev–Trinajstić information content (AvgIpc) is 3.28. The number of hydrazine groups is 1. The highest BCUT2D eigenvalue weighted by Gasteiger charge is 2.62. The summed E-state index contributed by atoms with van der Waals surface area (Å²) in [4.78, 5) is 17.0. The van der Waals surface area contributed by atoms with Crippen molar-refractivity contribution in [2.45, 2.75) is 88.5 Å². The molecule has 33 heavy (non-hydrogen) atoms. The molecule has 0 radical (unpaired) electrons. The first-order valence-corrected chi connectivity index (χ1v) is 12.4. The lowest BCUT2D eigenvalue weighted by Gasteiger charge is -2.55. The smallest absolute Gasteiger partial charge is 0.339 e. The maximum absolute atomic E-state index is 14.2. The summed E-state index contributed by atoms with van der Waals surface area (Å²) in [5.41, 5.74) is 5.75. The molecule has 2 N–H and O–H groups in total. The Labute approximate surface area is 191 Å². The van der Waals surface area contributed by atoms with Gasteiger partial charge in [0, 0.05) is 31.3 Å². The van der Waals surface area contributed by atoms with Gasteiger partial charge in [0.1, 0.15) is 0 Å². The summed E-state index contributed by atoms with van der Waals surface area (Å²) < 4.78 is 69.2. The number of carbonyl (C=O) groups is 1. The molecule has 0 aromatic rings. The van der Waals surface area contributed by atoms with Crippen molar-refractivity contribution in [3.05, 3.63) is 0 Å². The predicted octanol–water partition coefficient (Wildman–Crippen LogP) is 4.11. The molecule has 0 spiro atoms. The van der Waals surface area contributed by atoms with Crippen LogP contribution < -0.4 is 10.9 Å². The first-order valence-electron chi connectivity index (χ1n) is 12.4. The number of hydrogen-bond acceptors (Lipinski definition) is 4. The molecule has 2 heterocycles. The van der Waals surface area contributed by atoms with Crippen molar-refractivity contribution < 1.29 is 26.7 Å². The quantitative estimate of drug-likeness (QED) is 0.597. The molecule has 5 fully saturated rings. The number of nitrogens with zero attached hydrogens (tertiary/aromatic N) is 2. The second kappa shape index (κ2) is 8.29. The minimum atomic E-state index is -4.27. The summed E-state index contributed by atoms with van der Waals surface area (Å²) in [5.74, 6) is -5.32. The Hall–Kier alpha value is -1.00. The maximum Gasteiger partial charge on any atom is 0.392 e. The van der Waals surface area contributed by atoms with Gasteiger partial charge in [-0.05, 0) is 62.8 Å². The van der Waals surface area contributed by atoms with Gasteiger partial charge in [-0.25, -0.2) is 19.6 Å². The molecule has 5 aliphatic rings. The third kappa shape index (κ3) is 4.29. The van der Waals surface area contributed by atoms with E-state index in [1.165, 1.54) is 0 Å². The van der Waals surface area contributed by atoms with Crippen LogP contribution in [0.1, 0.15) is 64.2 Å². The van der Waals surface area contributed by atoms with Gasteiger partial charge in [0.2, 0.25) is 11.8 Å². The van der Waals surface area contributed by atoms with Crippen molar-refractivity contribution in [1.29, 1.82) is 0 Å². The van der Waals surface area contributed by atoms with E-state index in [4.69, 9.17) is 0 Å². The third-order valence-corrected chi connectivity index (χ3v) is 9.40. The van der Waals surface area contributed by atoms with E-state index in [-0.39, 0.29) is 49.8 Å². The number of nitrogens with one attached hydrogen (secondary N) is 2. The molecule has 3 aliphatic carbocycles. The molecular weight excluding hydrogens is 443 g/mol. The topological polar surface area (TPSA) is 47.6 Å². The highest BCUT2D eigenvalue weighted by Crippen LogP contribution is 2.62. The monoisotopic (exact) mass is 478 g/mol. The van der Waals surface area contributed by atoms with Gasteiger partial charge in [-0.15, -0.1) is 0 Å². The summed E-state index contributed by atoms with van der Waals surface area (Å²) in [5, 5.41) is 0. The first-order chi connectivity index (χ1) is 15.5. The Morgan fingerprint density at radius 2 is 1.82 bits per heavy atom. The number of halogens is 5. The zero-order valence-electron chi connectivity index (χ0n) is 19.1. The van der Waals surface area contributed by atoms with E-state index in [1.807, 2.05) is 7.05 Å². The molecule has 6 unspecified atom stereocenters. The molecule has 2 saturated heterocycles. The van der Waals surface area contributed by atoms with Gasteiger partial charge in [0.15, 0.2) is 0 Å². The normalized spacial score (nSPS) is 41.2. The van der Waals surface area contributed by atoms with Gasteiger partial charge in [0.25, 0.3) is 0 Å². The summed E-state index contributed by atoms with van der Waals surface area (Å²) in [6.45, 7) is 0.820. The Bertz CT molecular complexity index is 754. The average molecular weight is 479 g/mol. The SMILES string of the molecule is CN1CNNC1CC1(C2CCCC(N3CC4C(CCCC4C(F)(F)F)C3=O)C2)CC(F)(F)C1. The largest absolute Gasteiger partial charge is 0.392 e. The lowest BCUT2D eigenvalue weighted by Crippen LogP contribution is -2.56. The van der Waals surface area contributed by atoms with Crippen LogP contribution in [-0.2, 0) is 4.79 Å². The van der Waals surface area contributed by atoms with Crippen LogP contribution in [0.2, 0.25) is 0 Å². The van der Waals surface area contributed by atoms with Crippen molar-refractivity contribution in [3.63, 3.8) is 0 Å². The minimum Gasteiger partial charge on any atom is -0.339 e. The number of hydrogen-bond donors (Lipinski definition) is 2. The van der Waals surface area contributed by atoms with Crippen LogP contribution in [0.3, 0.4) is 0 Å². The fourth-order valence-corrected chi connectivity index (χ4v) is 7.77. The van der Waals surface area contributed by atoms with Crippen LogP contribution in [0.4, 0.5) is 22.0 Å². The van der Waals surface area contributed by atoms with E-state index >= 15 is 0 Å². The second-order valence-corrected chi connectivity index (χ2v) is 11.4. The molecule has 0 aromatic carbocycles. The molecule has 3 saturated carbocycles. The van der Waals surface area contributed by atoms with Crippen LogP contribution >= 0.6 is 0 Å². The van der Waals surface area contributed by atoms with E-state index in [0.29, 0.717) is 32.4 Å². The number of amides is 1. The Morgan fingerprint density at radius 1 is 1.09 bits per heavy atom. The van der Waals surface area contributed by atoms with Crippen molar-refractivity contribution >= 4 is 5.91 Å². The van der Waals surface area contributed by atoms with E-state index in [2.05, 4.69) is 15.8 Å². The van der Waals surface area contributed by atoms with Crippen LogP contribution in [0.15, 0.2) is 0 Å². The summed E-state index contributed by atoms with van der Waals surface area (Å²) >= 11 is 0. The van der Waals surface area contributed by atoms with Gasteiger partial charge >= 0.3 is 6.18 Å². The molecule has 188 valence electrons. The summed E-state index contributed by atoms with van der Waals surface area (Å²) in [7, 11) is 1.95. The van der Waals surface area contributed by atoms with E-state index in [9.17, 15) is 26.7 Å². The number of fused-ring (bicyclic) bond motifs is 1. The third-order valence-electron chi connectivity index (χ3n) is 9.40. The molecule has 2 aliphatic heterocycles. The number of alkyl halides is 5. The minimum absolute atomic E-state index is 0.0229. The van der Waals surface area contributed by atoms with Crippen molar-refractivity contribution in [3.8, 4) is 0 Å². The lowest BCUT2D eigenvalue weighted by molar-refractivity contribution is -0.199. The fourth-order valence-electron chi connectivity index (χ4n) is 7.77.